The first-order valence-corrected chi connectivity index (χ1v) is 9.43. The Bertz CT molecular complexity index is 438. The van der Waals surface area contributed by atoms with E-state index in [9.17, 15) is 0 Å². The Kier molecular flexibility index (Phi) is 6.54. The molecular formula is C16H23Cl2NS. The first-order chi connectivity index (χ1) is 9.65. The highest BCUT2D eigenvalue weighted by atomic mass is 35.5. The van der Waals surface area contributed by atoms with Crippen molar-refractivity contribution in [2.24, 2.45) is 0 Å². The van der Waals surface area contributed by atoms with Crippen molar-refractivity contribution in [1.29, 1.82) is 0 Å². The van der Waals surface area contributed by atoms with Crippen LogP contribution in [-0.2, 0) is 0 Å². The molecule has 1 aromatic rings. The molecule has 1 nitrogen and oxygen atoms in total. The van der Waals surface area contributed by atoms with Crippen molar-refractivity contribution in [2.45, 2.75) is 56.4 Å². The second-order valence-corrected chi connectivity index (χ2v) is 7.38. The van der Waals surface area contributed by atoms with E-state index < -0.39 is 0 Å². The number of nitrogens with one attached hydrogen (secondary N) is 1. The molecule has 0 heterocycles. The van der Waals surface area contributed by atoms with Crippen LogP contribution < -0.4 is 5.32 Å². The molecule has 0 saturated heterocycles. The summed E-state index contributed by atoms with van der Waals surface area (Å²) in [6.07, 6.45) is 8.55. The van der Waals surface area contributed by atoms with E-state index in [1.165, 1.54) is 31.2 Å². The van der Waals surface area contributed by atoms with Gasteiger partial charge in [0.15, 0.2) is 0 Å². The van der Waals surface area contributed by atoms with E-state index in [1.54, 1.807) is 0 Å². The van der Waals surface area contributed by atoms with Gasteiger partial charge in [0.2, 0.25) is 0 Å². The van der Waals surface area contributed by atoms with Gasteiger partial charge in [0.05, 0.1) is 0 Å². The lowest BCUT2D eigenvalue weighted by atomic mass is 9.93. The summed E-state index contributed by atoms with van der Waals surface area (Å²) < 4.78 is 0. The van der Waals surface area contributed by atoms with Crippen LogP contribution in [0.5, 0.6) is 0 Å². The summed E-state index contributed by atoms with van der Waals surface area (Å²) in [4.78, 5) is 0. The number of hydrogen-bond acceptors (Lipinski definition) is 2. The Morgan fingerprint density at radius 2 is 2.05 bits per heavy atom. The standard InChI is InChI=1S/C16H23Cl2NS/c1-3-14(12-9-8-11(17)10-13(12)18)19-15-6-4-5-7-16(15)20-2/h8-10,14-16,19H,3-7H2,1-2H3. The molecule has 4 heteroatoms. The van der Waals surface area contributed by atoms with Crippen LogP contribution in [-0.4, -0.2) is 17.5 Å². The van der Waals surface area contributed by atoms with Crippen LogP contribution in [0.15, 0.2) is 18.2 Å². The van der Waals surface area contributed by atoms with Crippen molar-refractivity contribution in [3.63, 3.8) is 0 Å². The van der Waals surface area contributed by atoms with Gasteiger partial charge in [0, 0.05) is 27.4 Å². The lowest BCUT2D eigenvalue weighted by molar-refractivity contribution is 0.343. The van der Waals surface area contributed by atoms with Crippen LogP contribution in [0.25, 0.3) is 0 Å². The van der Waals surface area contributed by atoms with E-state index in [4.69, 9.17) is 23.2 Å². The van der Waals surface area contributed by atoms with Crippen LogP contribution in [0.4, 0.5) is 0 Å². The van der Waals surface area contributed by atoms with Crippen LogP contribution >= 0.6 is 35.0 Å². The molecular weight excluding hydrogens is 309 g/mol. The van der Waals surface area contributed by atoms with Gasteiger partial charge < -0.3 is 5.32 Å². The van der Waals surface area contributed by atoms with E-state index in [0.29, 0.717) is 17.1 Å². The minimum Gasteiger partial charge on any atom is -0.306 e. The van der Waals surface area contributed by atoms with E-state index in [1.807, 2.05) is 23.9 Å². The molecule has 0 aromatic heterocycles. The van der Waals surface area contributed by atoms with Gasteiger partial charge in [-0.15, -0.1) is 0 Å². The van der Waals surface area contributed by atoms with Gasteiger partial charge in [0.25, 0.3) is 0 Å². The monoisotopic (exact) mass is 331 g/mol. The fourth-order valence-corrected chi connectivity index (χ4v) is 4.53. The SMILES string of the molecule is CCC(NC1CCCCC1SC)c1ccc(Cl)cc1Cl. The molecule has 1 aliphatic rings. The van der Waals surface area contributed by atoms with Gasteiger partial charge in [-0.05, 0) is 43.2 Å². The molecule has 1 aromatic carbocycles. The summed E-state index contributed by atoms with van der Waals surface area (Å²) in [5, 5.41) is 6.03. The fraction of sp³-hybridized carbons (Fsp3) is 0.625. The molecule has 0 aliphatic heterocycles. The Balaban J connectivity index is 2.11. The third-order valence-electron chi connectivity index (χ3n) is 4.17. The highest BCUT2D eigenvalue weighted by Crippen LogP contribution is 2.32. The number of thioether (sulfide) groups is 1. The lowest BCUT2D eigenvalue weighted by Crippen LogP contribution is -2.42. The minimum absolute atomic E-state index is 0.317. The van der Waals surface area contributed by atoms with Gasteiger partial charge in [-0.1, -0.05) is 49.0 Å². The fourth-order valence-electron chi connectivity index (χ4n) is 3.04. The predicted octanol–water partition coefficient (Wildman–Crippen LogP) is 5.71. The molecule has 0 bridgehead atoms. The normalized spacial score (nSPS) is 24.6. The zero-order valence-electron chi connectivity index (χ0n) is 12.2. The average molecular weight is 332 g/mol. The molecule has 2 rings (SSSR count). The average Bonchev–Trinajstić information content (AvgIpc) is 2.46. The number of hydrogen-bond donors (Lipinski definition) is 1. The summed E-state index contributed by atoms with van der Waals surface area (Å²) in [5.41, 5.74) is 1.17. The first-order valence-electron chi connectivity index (χ1n) is 7.39. The third-order valence-corrected chi connectivity index (χ3v) is 5.90. The zero-order chi connectivity index (χ0) is 14.5. The van der Waals surface area contributed by atoms with E-state index >= 15 is 0 Å². The molecule has 3 unspecified atom stereocenters. The Morgan fingerprint density at radius 3 is 2.70 bits per heavy atom. The summed E-state index contributed by atoms with van der Waals surface area (Å²) in [5.74, 6) is 0. The minimum atomic E-state index is 0.317. The van der Waals surface area contributed by atoms with Crippen molar-refractivity contribution >= 4 is 35.0 Å². The largest absolute Gasteiger partial charge is 0.306 e. The quantitative estimate of drug-likeness (QED) is 0.741. The van der Waals surface area contributed by atoms with Gasteiger partial charge in [-0.3, -0.25) is 0 Å². The number of halogens is 2. The van der Waals surface area contributed by atoms with Crippen molar-refractivity contribution < 1.29 is 0 Å². The summed E-state index contributed by atoms with van der Waals surface area (Å²) >= 11 is 14.3. The van der Waals surface area contributed by atoms with Crippen LogP contribution in [0, 0.1) is 0 Å². The van der Waals surface area contributed by atoms with Gasteiger partial charge in [-0.25, -0.2) is 0 Å². The maximum absolute atomic E-state index is 6.36. The van der Waals surface area contributed by atoms with Crippen LogP contribution in [0.3, 0.4) is 0 Å². The smallest absolute Gasteiger partial charge is 0.0468 e. The molecule has 1 fully saturated rings. The summed E-state index contributed by atoms with van der Waals surface area (Å²) in [6, 6.07) is 6.74. The highest BCUT2D eigenvalue weighted by Gasteiger charge is 2.27. The summed E-state index contributed by atoms with van der Waals surface area (Å²) in [7, 11) is 0. The van der Waals surface area contributed by atoms with Gasteiger partial charge >= 0.3 is 0 Å². The Morgan fingerprint density at radius 1 is 1.30 bits per heavy atom. The summed E-state index contributed by atoms with van der Waals surface area (Å²) in [6.45, 7) is 2.21. The second kappa shape index (κ2) is 7.93. The number of benzene rings is 1. The van der Waals surface area contributed by atoms with Crippen molar-refractivity contribution in [3.05, 3.63) is 33.8 Å². The second-order valence-electron chi connectivity index (χ2n) is 5.46. The maximum atomic E-state index is 6.36. The Hall–Kier alpha value is 0.110. The molecule has 0 radical (unpaired) electrons. The highest BCUT2D eigenvalue weighted by molar-refractivity contribution is 7.99. The lowest BCUT2D eigenvalue weighted by Gasteiger charge is -2.34. The van der Waals surface area contributed by atoms with Crippen LogP contribution in [0.1, 0.15) is 50.6 Å². The van der Waals surface area contributed by atoms with Crippen molar-refractivity contribution in [2.75, 3.05) is 6.26 Å². The van der Waals surface area contributed by atoms with E-state index in [0.717, 1.165) is 16.7 Å². The van der Waals surface area contributed by atoms with Gasteiger partial charge in [0.1, 0.15) is 0 Å². The molecule has 20 heavy (non-hydrogen) atoms. The Labute approximate surface area is 136 Å². The van der Waals surface area contributed by atoms with Crippen molar-refractivity contribution in [3.8, 4) is 0 Å². The number of rotatable bonds is 5. The molecule has 0 amide bonds. The topological polar surface area (TPSA) is 12.0 Å². The first kappa shape index (κ1) is 16.5. The van der Waals surface area contributed by atoms with E-state index in [2.05, 4.69) is 24.6 Å². The maximum Gasteiger partial charge on any atom is 0.0468 e. The third kappa shape index (κ3) is 4.07. The molecule has 0 spiro atoms. The van der Waals surface area contributed by atoms with E-state index in [-0.39, 0.29) is 0 Å². The van der Waals surface area contributed by atoms with Crippen molar-refractivity contribution in [1.82, 2.24) is 5.32 Å². The van der Waals surface area contributed by atoms with Gasteiger partial charge in [-0.2, -0.15) is 11.8 Å². The predicted molar refractivity (Wildman–Crippen MR) is 92.2 cm³/mol. The molecule has 1 aliphatic carbocycles. The van der Waals surface area contributed by atoms with Crippen LogP contribution in [0.2, 0.25) is 10.0 Å². The molecule has 1 saturated carbocycles. The molecule has 1 N–H and O–H groups in total. The molecule has 112 valence electrons. The zero-order valence-corrected chi connectivity index (χ0v) is 14.5. The molecule has 3 atom stereocenters.